The fraction of sp³-hybridized carbons (Fsp3) is 0. The molecule has 0 bridgehead atoms. The van der Waals surface area contributed by atoms with Gasteiger partial charge in [-0.15, -0.1) is 0 Å². The van der Waals surface area contributed by atoms with Crippen LogP contribution in [0, 0.1) is 0 Å². The predicted octanol–water partition coefficient (Wildman–Crippen LogP) is 3.68. The molecule has 27 heavy (non-hydrogen) atoms. The van der Waals surface area contributed by atoms with E-state index in [1.807, 2.05) is 91.0 Å². The molecule has 0 saturated heterocycles. The molecule has 6 heteroatoms. The van der Waals surface area contributed by atoms with Crippen molar-refractivity contribution in [2.75, 3.05) is 17.2 Å². The van der Waals surface area contributed by atoms with E-state index in [-0.39, 0.29) is 0 Å². The molecular formula is C21H24N6. The van der Waals surface area contributed by atoms with E-state index >= 15 is 0 Å². The minimum absolute atomic E-state index is 0.822. The van der Waals surface area contributed by atoms with Gasteiger partial charge in [0.1, 0.15) is 19.0 Å². The predicted molar refractivity (Wildman–Crippen MR) is 112 cm³/mol. The number of rotatable bonds is 0. The Labute approximate surface area is 159 Å². The first-order valence-electron chi connectivity index (χ1n) is 8.15. The summed E-state index contributed by atoms with van der Waals surface area (Å²) in [5.74, 6) is 0. The molecule has 0 spiro atoms. The monoisotopic (exact) mass is 360 g/mol. The van der Waals surface area contributed by atoms with Gasteiger partial charge in [0, 0.05) is 17.1 Å². The Morgan fingerprint density at radius 3 is 0.704 bits per heavy atom. The molecule has 4 aromatic rings. The molecule has 6 nitrogen and oxygen atoms in total. The highest BCUT2D eigenvalue weighted by atomic mass is 14.9. The third-order valence-corrected chi connectivity index (χ3v) is 2.80. The zero-order chi connectivity index (χ0) is 19.6. The van der Waals surface area contributed by atoms with Gasteiger partial charge in [0.05, 0.1) is 0 Å². The molecule has 0 radical (unpaired) electrons. The molecule has 0 atom stereocenters. The highest BCUT2D eigenvalue weighted by Gasteiger charge is 1.73. The highest BCUT2D eigenvalue weighted by Crippen LogP contribution is 1.97. The van der Waals surface area contributed by atoms with Gasteiger partial charge in [-0.1, -0.05) is 54.6 Å². The van der Waals surface area contributed by atoms with Crippen LogP contribution in [0.5, 0.6) is 0 Å². The Hall–Kier alpha value is -3.93. The second-order valence-corrected chi connectivity index (χ2v) is 5.03. The molecule has 0 aliphatic carbocycles. The smallest absolute Gasteiger partial charge is 0.119 e. The van der Waals surface area contributed by atoms with Gasteiger partial charge in [-0.3, -0.25) is 0 Å². The summed E-state index contributed by atoms with van der Waals surface area (Å²) in [4.78, 5) is 10.7. The molecule has 0 aliphatic rings. The summed E-state index contributed by atoms with van der Waals surface area (Å²) < 4.78 is 0. The van der Waals surface area contributed by atoms with Gasteiger partial charge < -0.3 is 17.2 Å². The first-order valence-corrected chi connectivity index (χ1v) is 8.15. The lowest BCUT2D eigenvalue weighted by Gasteiger charge is -1.83. The van der Waals surface area contributed by atoms with E-state index in [1.54, 1.807) is 0 Å². The lowest BCUT2D eigenvalue weighted by Crippen LogP contribution is -1.79. The van der Waals surface area contributed by atoms with Crippen LogP contribution in [0.2, 0.25) is 0 Å². The van der Waals surface area contributed by atoms with E-state index in [0.29, 0.717) is 0 Å². The maximum Gasteiger partial charge on any atom is 0.119 e. The topological polar surface area (TPSA) is 117 Å². The standard InChI is InChI=1S/3C6H7N.C3H3N3/c3*7-6-4-2-1-3-5-6;1-4-2-6-3-5-1/h3*1-5H,7H2;1-3H. The number of hydrogen-bond acceptors (Lipinski definition) is 6. The summed E-state index contributed by atoms with van der Waals surface area (Å²) in [6, 6.07) is 28.5. The number of nitrogens with two attached hydrogens (primary N) is 3. The zero-order valence-electron chi connectivity index (χ0n) is 15.0. The average molecular weight is 360 g/mol. The van der Waals surface area contributed by atoms with Crippen molar-refractivity contribution >= 4 is 17.1 Å². The molecule has 1 heterocycles. The van der Waals surface area contributed by atoms with Crippen molar-refractivity contribution in [3.05, 3.63) is 110 Å². The minimum atomic E-state index is 0.822. The number of aromatic nitrogens is 3. The lowest BCUT2D eigenvalue weighted by atomic mass is 10.3. The van der Waals surface area contributed by atoms with E-state index in [0.717, 1.165) is 17.1 Å². The minimum Gasteiger partial charge on any atom is -0.399 e. The summed E-state index contributed by atoms with van der Waals surface area (Å²) in [6.45, 7) is 0. The van der Waals surface area contributed by atoms with Crippen LogP contribution in [0.3, 0.4) is 0 Å². The van der Waals surface area contributed by atoms with Crippen LogP contribution < -0.4 is 17.2 Å². The van der Waals surface area contributed by atoms with E-state index < -0.39 is 0 Å². The normalized spacial score (nSPS) is 8.44. The van der Waals surface area contributed by atoms with Gasteiger partial charge in [0.15, 0.2) is 0 Å². The van der Waals surface area contributed by atoms with Crippen LogP contribution in [-0.2, 0) is 0 Å². The number of nitrogen functional groups attached to an aromatic ring is 3. The van der Waals surface area contributed by atoms with E-state index in [4.69, 9.17) is 17.2 Å². The van der Waals surface area contributed by atoms with Crippen molar-refractivity contribution < 1.29 is 0 Å². The van der Waals surface area contributed by atoms with Crippen molar-refractivity contribution in [2.24, 2.45) is 0 Å². The molecule has 0 fully saturated rings. The van der Waals surface area contributed by atoms with Crippen LogP contribution in [-0.4, -0.2) is 15.0 Å². The van der Waals surface area contributed by atoms with Crippen molar-refractivity contribution in [1.29, 1.82) is 0 Å². The van der Waals surface area contributed by atoms with Crippen LogP contribution in [0.15, 0.2) is 110 Å². The molecule has 0 aliphatic heterocycles. The van der Waals surface area contributed by atoms with Gasteiger partial charge in [-0.05, 0) is 36.4 Å². The van der Waals surface area contributed by atoms with Gasteiger partial charge in [-0.2, -0.15) is 0 Å². The SMILES string of the molecule is Nc1ccccc1.Nc1ccccc1.Nc1ccccc1.c1ncncn1. The number of benzene rings is 3. The molecule has 4 rings (SSSR count). The molecule has 6 N–H and O–H groups in total. The molecule has 138 valence electrons. The van der Waals surface area contributed by atoms with Crippen LogP contribution in [0.1, 0.15) is 0 Å². The molecular weight excluding hydrogens is 336 g/mol. The van der Waals surface area contributed by atoms with E-state index in [9.17, 15) is 0 Å². The average Bonchev–Trinajstić information content (AvgIpc) is 2.73. The Bertz CT molecular complexity index is 681. The zero-order valence-corrected chi connectivity index (χ0v) is 15.0. The second-order valence-electron chi connectivity index (χ2n) is 5.03. The quantitative estimate of drug-likeness (QED) is 0.412. The van der Waals surface area contributed by atoms with Crippen molar-refractivity contribution in [1.82, 2.24) is 15.0 Å². The van der Waals surface area contributed by atoms with E-state index in [1.165, 1.54) is 19.0 Å². The first-order chi connectivity index (χ1) is 13.2. The van der Waals surface area contributed by atoms with Crippen molar-refractivity contribution in [3.8, 4) is 0 Å². The Morgan fingerprint density at radius 2 is 0.593 bits per heavy atom. The second kappa shape index (κ2) is 14.4. The number of hydrogen-bond donors (Lipinski definition) is 3. The molecule has 3 aromatic carbocycles. The van der Waals surface area contributed by atoms with E-state index in [2.05, 4.69) is 15.0 Å². The number of anilines is 3. The lowest BCUT2D eigenvalue weighted by molar-refractivity contribution is 1.05. The number of nitrogens with zero attached hydrogens (tertiary/aromatic N) is 3. The molecule has 0 amide bonds. The Balaban J connectivity index is 0.000000180. The first kappa shape index (κ1) is 21.1. The Morgan fingerprint density at radius 1 is 0.370 bits per heavy atom. The summed E-state index contributed by atoms with van der Waals surface area (Å²) in [5, 5.41) is 0. The summed E-state index contributed by atoms with van der Waals surface area (Å²) in [6.07, 6.45) is 4.31. The Kier molecular flexibility index (Phi) is 11.3. The highest BCUT2D eigenvalue weighted by molar-refractivity contribution is 5.37. The molecule has 1 aromatic heterocycles. The van der Waals surface area contributed by atoms with Crippen LogP contribution in [0.4, 0.5) is 17.1 Å². The summed E-state index contributed by atoms with van der Waals surface area (Å²) >= 11 is 0. The molecule has 0 saturated carbocycles. The van der Waals surface area contributed by atoms with Crippen LogP contribution >= 0.6 is 0 Å². The fourth-order valence-corrected chi connectivity index (χ4v) is 1.56. The van der Waals surface area contributed by atoms with Crippen LogP contribution in [0.25, 0.3) is 0 Å². The largest absolute Gasteiger partial charge is 0.399 e. The van der Waals surface area contributed by atoms with Gasteiger partial charge in [0.25, 0.3) is 0 Å². The van der Waals surface area contributed by atoms with Gasteiger partial charge >= 0.3 is 0 Å². The maximum atomic E-state index is 5.36. The van der Waals surface area contributed by atoms with Gasteiger partial charge in [-0.25, -0.2) is 15.0 Å². The third-order valence-electron chi connectivity index (χ3n) is 2.80. The molecule has 0 unspecified atom stereocenters. The van der Waals surface area contributed by atoms with Crippen molar-refractivity contribution in [3.63, 3.8) is 0 Å². The van der Waals surface area contributed by atoms with Gasteiger partial charge in [0.2, 0.25) is 0 Å². The summed E-state index contributed by atoms with van der Waals surface area (Å²) in [5.41, 5.74) is 18.5. The maximum absolute atomic E-state index is 5.36. The number of para-hydroxylation sites is 3. The van der Waals surface area contributed by atoms with Crippen molar-refractivity contribution in [2.45, 2.75) is 0 Å². The fourth-order valence-electron chi connectivity index (χ4n) is 1.56. The third kappa shape index (κ3) is 13.1. The summed E-state index contributed by atoms with van der Waals surface area (Å²) in [7, 11) is 0.